The summed E-state index contributed by atoms with van der Waals surface area (Å²) in [5.74, 6) is 0. The Balaban J connectivity index is 1.80. The number of amides is 1. The summed E-state index contributed by atoms with van der Waals surface area (Å²) in [7, 11) is 0. The van der Waals surface area contributed by atoms with E-state index in [1.54, 1.807) is 4.90 Å². The molecule has 0 bridgehead atoms. The minimum absolute atomic E-state index is 0.126. The summed E-state index contributed by atoms with van der Waals surface area (Å²) in [6.07, 6.45) is 3.86. The molecule has 1 fully saturated rings. The molecule has 98 valence electrons. The van der Waals surface area contributed by atoms with Gasteiger partial charge in [-0.1, -0.05) is 0 Å². The first-order valence-electron chi connectivity index (χ1n) is 6.40. The Labute approximate surface area is 107 Å². The van der Waals surface area contributed by atoms with E-state index >= 15 is 0 Å². The topological polar surface area (TPSA) is 58.2 Å². The van der Waals surface area contributed by atoms with Gasteiger partial charge in [0.05, 0.1) is 12.7 Å². The molecule has 2 heterocycles. The third-order valence-corrected chi connectivity index (χ3v) is 3.61. The van der Waals surface area contributed by atoms with Gasteiger partial charge in [0.15, 0.2) is 0 Å². The zero-order chi connectivity index (χ0) is 13.0. The second-order valence-corrected chi connectivity index (χ2v) is 6.39. The summed E-state index contributed by atoms with van der Waals surface area (Å²) >= 11 is 0. The van der Waals surface area contributed by atoms with Crippen LogP contribution in [-0.4, -0.2) is 33.3 Å². The van der Waals surface area contributed by atoms with Crippen LogP contribution in [0.5, 0.6) is 0 Å². The molecule has 5 heteroatoms. The van der Waals surface area contributed by atoms with Gasteiger partial charge in [-0.25, -0.2) is 4.79 Å². The fraction of sp³-hybridized carbons (Fsp3) is 0.692. The van der Waals surface area contributed by atoms with E-state index in [-0.39, 0.29) is 11.5 Å². The van der Waals surface area contributed by atoms with Crippen molar-refractivity contribution in [3.63, 3.8) is 0 Å². The van der Waals surface area contributed by atoms with E-state index in [0.29, 0.717) is 6.54 Å². The molecule has 18 heavy (non-hydrogen) atoms. The number of nitrogens with zero attached hydrogens (tertiary/aromatic N) is 2. The van der Waals surface area contributed by atoms with E-state index in [9.17, 15) is 4.79 Å². The zero-order valence-electron chi connectivity index (χ0n) is 11.1. The molecule has 1 amide bonds. The van der Waals surface area contributed by atoms with Crippen molar-refractivity contribution >= 4 is 6.09 Å². The molecule has 3 rings (SSSR count). The van der Waals surface area contributed by atoms with E-state index in [4.69, 9.17) is 4.74 Å². The highest BCUT2D eigenvalue weighted by Crippen LogP contribution is 2.51. The Morgan fingerprint density at radius 2 is 2.22 bits per heavy atom. The fourth-order valence-electron chi connectivity index (χ4n) is 2.61. The number of aromatic nitrogens is 2. The summed E-state index contributed by atoms with van der Waals surface area (Å²) < 4.78 is 5.45. The molecule has 0 saturated heterocycles. The van der Waals surface area contributed by atoms with E-state index in [1.807, 2.05) is 27.0 Å². The lowest BCUT2D eigenvalue weighted by atomic mass is 9.94. The lowest BCUT2D eigenvalue weighted by Crippen LogP contribution is -2.44. The Kier molecular flexibility index (Phi) is 2.24. The van der Waals surface area contributed by atoms with Crippen LogP contribution in [-0.2, 0) is 16.7 Å². The summed E-state index contributed by atoms with van der Waals surface area (Å²) in [5, 5.41) is 7.19. The van der Waals surface area contributed by atoms with Crippen LogP contribution in [0.15, 0.2) is 6.20 Å². The molecule has 1 N–H and O–H groups in total. The second-order valence-electron chi connectivity index (χ2n) is 6.39. The summed E-state index contributed by atoms with van der Waals surface area (Å²) in [5.41, 5.74) is 2.04. The number of nitrogens with one attached hydrogen (secondary N) is 1. The maximum absolute atomic E-state index is 12.1. The number of carbonyl (C=O) groups excluding carboxylic acids is 1. The predicted octanol–water partition coefficient (Wildman–Crippen LogP) is 2.19. The van der Waals surface area contributed by atoms with Crippen molar-refractivity contribution in [2.75, 3.05) is 6.54 Å². The van der Waals surface area contributed by atoms with Gasteiger partial charge in [-0.3, -0.25) is 5.10 Å². The predicted molar refractivity (Wildman–Crippen MR) is 66.1 cm³/mol. The summed E-state index contributed by atoms with van der Waals surface area (Å²) in [6, 6.07) is 0. The number of aromatic amines is 1. The number of ether oxygens (including phenoxy) is 1. The standard InChI is InChI=1S/C13H19N3O2/c1-12(2,3)18-11(17)16-7-9-6-14-15-10(9)13(8-16)4-5-13/h6H,4-5,7-8H2,1-3H3,(H,14,15). The molecule has 0 atom stereocenters. The van der Waals surface area contributed by atoms with Gasteiger partial charge in [0.25, 0.3) is 0 Å². The van der Waals surface area contributed by atoms with Crippen LogP contribution >= 0.6 is 0 Å². The zero-order valence-corrected chi connectivity index (χ0v) is 11.1. The Morgan fingerprint density at radius 1 is 1.50 bits per heavy atom. The van der Waals surface area contributed by atoms with Crippen molar-refractivity contribution in [3.05, 3.63) is 17.5 Å². The first-order valence-corrected chi connectivity index (χ1v) is 6.40. The second kappa shape index (κ2) is 3.49. The molecule has 5 nitrogen and oxygen atoms in total. The molecule has 2 aliphatic rings. The highest BCUT2D eigenvalue weighted by Gasteiger charge is 2.51. The number of hydrogen-bond donors (Lipinski definition) is 1. The van der Waals surface area contributed by atoms with Gasteiger partial charge in [-0.2, -0.15) is 5.10 Å². The number of H-pyrrole nitrogens is 1. The van der Waals surface area contributed by atoms with E-state index in [1.165, 1.54) is 5.69 Å². The summed E-state index contributed by atoms with van der Waals surface area (Å²) in [4.78, 5) is 13.9. The molecular formula is C13H19N3O2. The van der Waals surface area contributed by atoms with Gasteiger partial charge in [-0.05, 0) is 33.6 Å². The Bertz CT molecular complexity index is 483. The summed E-state index contributed by atoms with van der Waals surface area (Å²) in [6.45, 7) is 7.03. The van der Waals surface area contributed by atoms with Gasteiger partial charge in [0, 0.05) is 23.2 Å². The van der Waals surface area contributed by atoms with E-state index < -0.39 is 5.60 Å². The van der Waals surface area contributed by atoms with Crippen LogP contribution in [0, 0.1) is 0 Å². The van der Waals surface area contributed by atoms with Crippen molar-refractivity contribution in [2.24, 2.45) is 0 Å². The minimum Gasteiger partial charge on any atom is -0.444 e. The molecule has 0 aromatic carbocycles. The molecule has 0 radical (unpaired) electrons. The lowest BCUT2D eigenvalue weighted by Gasteiger charge is -2.34. The van der Waals surface area contributed by atoms with Crippen LogP contribution in [0.3, 0.4) is 0 Å². The fourth-order valence-corrected chi connectivity index (χ4v) is 2.61. The van der Waals surface area contributed by atoms with Crippen molar-refractivity contribution < 1.29 is 9.53 Å². The molecule has 1 aromatic rings. The van der Waals surface area contributed by atoms with Crippen molar-refractivity contribution in [3.8, 4) is 0 Å². The van der Waals surface area contributed by atoms with E-state index in [2.05, 4.69) is 10.2 Å². The number of rotatable bonds is 0. The number of carbonyl (C=O) groups is 1. The molecular weight excluding hydrogens is 230 g/mol. The van der Waals surface area contributed by atoms with Gasteiger partial charge < -0.3 is 9.64 Å². The molecule has 1 spiro atoms. The first kappa shape index (κ1) is 11.6. The maximum Gasteiger partial charge on any atom is 0.410 e. The molecule has 1 saturated carbocycles. The van der Waals surface area contributed by atoms with Crippen molar-refractivity contribution in [1.82, 2.24) is 15.1 Å². The third kappa shape index (κ3) is 1.87. The van der Waals surface area contributed by atoms with Crippen LogP contribution in [0.1, 0.15) is 44.9 Å². The molecule has 1 aliphatic carbocycles. The SMILES string of the molecule is CC(C)(C)OC(=O)N1Cc2cn[nH]c2C2(CC2)C1. The number of fused-ring (bicyclic) bond motifs is 2. The van der Waals surface area contributed by atoms with Gasteiger partial charge >= 0.3 is 6.09 Å². The minimum atomic E-state index is -0.440. The van der Waals surface area contributed by atoms with E-state index in [0.717, 1.165) is 24.9 Å². The normalized spacial score (nSPS) is 20.7. The lowest BCUT2D eigenvalue weighted by molar-refractivity contribution is 0.0196. The van der Waals surface area contributed by atoms with Crippen LogP contribution < -0.4 is 0 Å². The Morgan fingerprint density at radius 3 is 2.83 bits per heavy atom. The number of hydrogen-bond acceptors (Lipinski definition) is 3. The van der Waals surface area contributed by atoms with Crippen LogP contribution in [0.4, 0.5) is 4.79 Å². The monoisotopic (exact) mass is 249 g/mol. The van der Waals surface area contributed by atoms with Crippen molar-refractivity contribution in [2.45, 2.75) is 51.2 Å². The quantitative estimate of drug-likeness (QED) is 0.766. The first-order chi connectivity index (χ1) is 8.40. The Hall–Kier alpha value is -1.52. The molecule has 1 aliphatic heterocycles. The largest absolute Gasteiger partial charge is 0.444 e. The van der Waals surface area contributed by atoms with Gasteiger partial charge in [0.1, 0.15) is 5.60 Å². The average Bonchev–Trinajstić information content (AvgIpc) is 2.84. The van der Waals surface area contributed by atoms with Gasteiger partial charge in [0.2, 0.25) is 0 Å². The van der Waals surface area contributed by atoms with Gasteiger partial charge in [-0.15, -0.1) is 0 Å². The van der Waals surface area contributed by atoms with Crippen LogP contribution in [0.25, 0.3) is 0 Å². The highest BCUT2D eigenvalue weighted by atomic mass is 16.6. The average molecular weight is 249 g/mol. The highest BCUT2D eigenvalue weighted by molar-refractivity contribution is 5.69. The van der Waals surface area contributed by atoms with Crippen LogP contribution in [0.2, 0.25) is 0 Å². The maximum atomic E-state index is 12.1. The smallest absolute Gasteiger partial charge is 0.410 e. The third-order valence-electron chi connectivity index (χ3n) is 3.61. The molecule has 0 unspecified atom stereocenters. The van der Waals surface area contributed by atoms with Crippen molar-refractivity contribution in [1.29, 1.82) is 0 Å². The molecule has 1 aromatic heterocycles.